The second-order valence-corrected chi connectivity index (χ2v) is 4.69. The summed E-state index contributed by atoms with van der Waals surface area (Å²) in [6, 6.07) is 8.44. The van der Waals surface area contributed by atoms with Crippen molar-refractivity contribution in [2.75, 3.05) is 0 Å². The van der Waals surface area contributed by atoms with E-state index in [0.717, 1.165) is 12.2 Å². The second kappa shape index (κ2) is 6.47. The summed E-state index contributed by atoms with van der Waals surface area (Å²) >= 11 is 0. The summed E-state index contributed by atoms with van der Waals surface area (Å²) in [4.78, 5) is 22.3. The summed E-state index contributed by atoms with van der Waals surface area (Å²) in [6.45, 7) is 0. The van der Waals surface area contributed by atoms with Gasteiger partial charge in [0.05, 0.1) is 0 Å². The molecule has 1 aromatic carbocycles. The van der Waals surface area contributed by atoms with Crippen LogP contribution in [0.5, 0.6) is 0 Å². The number of benzene rings is 1. The van der Waals surface area contributed by atoms with E-state index in [-0.39, 0.29) is 5.78 Å². The molecule has 0 saturated carbocycles. The lowest BCUT2D eigenvalue weighted by molar-refractivity contribution is -0.128. The normalized spacial score (nSPS) is 12.4. The summed E-state index contributed by atoms with van der Waals surface area (Å²) in [6.07, 6.45) is 1.97. The Morgan fingerprint density at radius 2 is 1.88 bits per heavy atom. The molecule has 0 heterocycles. The Kier molecular flexibility index (Phi) is 5.24. The van der Waals surface area contributed by atoms with E-state index in [1.807, 2.05) is 0 Å². The molecule has 0 fully saturated rings. The summed E-state index contributed by atoms with van der Waals surface area (Å²) in [5.74, 6) is -1.20. The van der Waals surface area contributed by atoms with Gasteiger partial charge in [-0.2, -0.15) is 4.20 Å². The van der Waals surface area contributed by atoms with Gasteiger partial charge in [-0.3, -0.25) is 4.79 Å². The van der Waals surface area contributed by atoms with Gasteiger partial charge in [-0.25, -0.2) is 4.79 Å². The highest BCUT2D eigenvalue weighted by Crippen LogP contribution is 2.47. The van der Waals surface area contributed by atoms with Crippen molar-refractivity contribution in [2.24, 2.45) is 0 Å². The zero-order chi connectivity index (χ0) is 12.0. The van der Waals surface area contributed by atoms with Crippen molar-refractivity contribution in [2.45, 2.75) is 0 Å². The van der Waals surface area contributed by atoms with E-state index in [1.165, 1.54) is 0 Å². The van der Waals surface area contributed by atoms with Crippen LogP contribution in [0.15, 0.2) is 42.5 Å². The van der Waals surface area contributed by atoms with Gasteiger partial charge in [0.15, 0.2) is 5.78 Å². The fourth-order valence-corrected chi connectivity index (χ4v) is 1.50. The molecule has 0 aliphatic heterocycles. The molecule has 3 nitrogen and oxygen atoms in total. The van der Waals surface area contributed by atoms with E-state index >= 15 is 0 Å². The summed E-state index contributed by atoms with van der Waals surface area (Å²) in [5.41, 5.74) is 0.458. The topological polar surface area (TPSA) is 43.4 Å². The number of carbonyl (C=O) groups is 2. The van der Waals surface area contributed by atoms with Gasteiger partial charge in [-0.05, 0) is 15.0 Å². The average Bonchev–Trinajstić information content (AvgIpc) is 2.26. The standard InChI is InChI=1S/C10H9FO3P2/c11-16(15)14-10(13)7-6-9(12)8-4-2-1-3-5-8/h1-7H,15H2/b7-6+. The molecule has 0 spiro atoms. The van der Waals surface area contributed by atoms with Crippen molar-refractivity contribution in [1.82, 2.24) is 0 Å². The minimum absolute atomic E-state index is 0.329. The molecule has 0 radical (unpaired) electrons. The minimum atomic E-state index is -2.32. The van der Waals surface area contributed by atoms with Gasteiger partial charge < -0.3 is 4.52 Å². The fourth-order valence-electron chi connectivity index (χ4n) is 0.959. The summed E-state index contributed by atoms with van der Waals surface area (Å²) in [5, 5.41) is 0. The van der Waals surface area contributed by atoms with E-state index in [2.05, 4.69) is 4.52 Å². The van der Waals surface area contributed by atoms with Crippen molar-refractivity contribution >= 4 is 28.8 Å². The third-order valence-electron chi connectivity index (χ3n) is 1.61. The van der Waals surface area contributed by atoms with Gasteiger partial charge in [-0.15, -0.1) is 0 Å². The van der Waals surface area contributed by atoms with Gasteiger partial charge in [-0.1, -0.05) is 30.3 Å². The third-order valence-corrected chi connectivity index (χ3v) is 2.28. The molecule has 0 N–H and O–H groups in total. The van der Waals surface area contributed by atoms with E-state index < -0.39 is 14.1 Å². The van der Waals surface area contributed by atoms with E-state index in [9.17, 15) is 13.8 Å². The lowest BCUT2D eigenvalue weighted by Gasteiger charge is -1.98. The lowest BCUT2D eigenvalue weighted by atomic mass is 10.1. The molecular formula is C10H9FO3P2. The van der Waals surface area contributed by atoms with Crippen molar-refractivity contribution in [3.63, 3.8) is 0 Å². The quantitative estimate of drug-likeness (QED) is 0.473. The number of hydrogen-bond donors (Lipinski definition) is 0. The van der Waals surface area contributed by atoms with Crippen LogP contribution in [0.3, 0.4) is 0 Å². The van der Waals surface area contributed by atoms with Crippen LogP contribution in [0.4, 0.5) is 4.20 Å². The SMILES string of the molecule is O=C(/C=C/C(=O)c1ccccc1)OP(F)P. The van der Waals surface area contributed by atoms with Crippen molar-refractivity contribution in [1.29, 1.82) is 0 Å². The van der Waals surface area contributed by atoms with Crippen LogP contribution in [0, 0.1) is 0 Å². The smallest absolute Gasteiger partial charge is 0.335 e. The van der Waals surface area contributed by atoms with E-state index in [1.54, 1.807) is 39.3 Å². The Labute approximate surface area is 95.7 Å². The molecule has 0 aliphatic carbocycles. The molecule has 1 rings (SSSR count). The van der Waals surface area contributed by atoms with Gasteiger partial charge in [0.25, 0.3) is 8.15 Å². The number of ketones is 1. The Hall–Kier alpha value is -1.11. The van der Waals surface area contributed by atoms with Crippen LogP contribution in [-0.2, 0) is 9.32 Å². The molecule has 6 heteroatoms. The Morgan fingerprint density at radius 3 is 2.44 bits per heavy atom. The zero-order valence-electron chi connectivity index (χ0n) is 8.17. The first-order valence-corrected chi connectivity index (χ1v) is 7.06. The van der Waals surface area contributed by atoms with Crippen LogP contribution in [0.25, 0.3) is 0 Å². The predicted molar refractivity (Wildman–Crippen MR) is 63.7 cm³/mol. The van der Waals surface area contributed by atoms with Gasteiger partial charge in [0.1, 0.15) is 0 Å². The molecule has 2 atom stereocenters. The number of halogens is 1. The monoisotopic (exact) mass is 258 g/mol. The first-order valence-electron chi connectivity index (χ1n) is 4.29. The molecule has 0 bridgehead atoms. The number of rotatable bonds is 4. The predicted octanol–water partition coefficient (Wildman–Crippen LogP) is 3.04. The van der Waals surface area contributed by atoms with Crippen LogP contribution < -0.4 is 0 Å². The molecule has 0 saturated heterocycles. The molecule has 0 aliphatic rings. The Morgan fingerprint density at radius 1 is 1.25 bits per heavy atom. The highest BCUT2D eigenvalue weighted by molar-refractivity contribution is 8.08. The third kappa shape index (κ3) is 4.61. The molecule has 16 heavy (non-hydrogen) atoms. The molecule has 0 amide bonds. The maximum absolute atomic E-state index is 12.3. The van der Waals surface area contributed by atoms with Crippen LogP contribution >= 0.6 is 17.1 Å². The molecular weight excluding hydrogens is 249 g/mol. The van der Waals surface area contributed by atoms with Crippen molar-refractivity contribution in [3.8, 4) is 0 Å². The van der Waals surface area contributed by atoms with E-state index in [4.69, 9.17) is 0 Å². The van der Waals surface area contributed by atoms with Crippen molar-refractivity contribution in [3.05, 3.63) is 48.0 Å². The van der Waals surface area contributed by atoms with Crippen molar-refractivity contribution < 1.29 is 18.3 Å². The molecule has 0 aromatic heterocycles. The van der Waals surface area contributed by atoms with Crippen LogP contribution in [-0.4, -0.2) is 11.8 Å². The molecule has 84 valence electrons. The summed E-state index contributed by atoms with van der Waals surface area (Å²) < 4.78 is 16.5. The zero-order valence-corrected chi connectivity index (χ0v) is 10.2. The lowest BCUT2D eigenvalue weighted by Crippen LogP contribution is -1.97. The van der Waals surface area contributed by atoms with Crippen LogP contribution in [0.2, 0.25) is 0 Å². The Balaban J connectivity index is 2.58. The fraction of sp³-hybridized carbons (Fsp3) is 0. The highest BCUT2D eigenvalue weighted by atomic mass is 32.0. The Bertz CT molecular complexity index is 404. The minimum Gasteiger partial charge on any atom is -0.406 e. The molecule has 2 unspecified atom stereocenters. The number of allylic oxidation sites excluding steroid dienone is 1. The largest absolute Gasteiger partial charge is 0.406 e. The van der Waals surface area contributed by atoms with Crippen LogP contribution in [0.1, 0.15) is 10.4 Å². The van der Waals surface area contributed by atoms with Gasteiger partial charge in [0, 0.05) is 11.6 Å². The first-order chi connectivity index (χ1) is 7.59. The number of carbonyl (C=O) groups excluding carboxylic acids is 2. The average molecular weight is 258 g/mol. The summed E-state index contributed by atoms with van der Waals surface area (Å²) in [7, 11) is -0.585. The second-order valence-electron chi connectivity index (χ2n) is 2.75. The maximum Gasteiger partial charge on any atom is 0.335 e. The van der Waals surface area contributed by atoms with Gasteiger partial charge >= 0.3 is 5.97 Å². The number of hydrogen-bond acceptors (Lipinski definition) is 3. The van der Waals surface area contributed by atoms with E-state index in [0.29, 0.717) is 5.56 Å². The van der Waals surface area contributed by atoms with Gasteiger partial charge in [0.2, 0.25) is 0 Å². The maximum atomic E-state index is 12.3. The highest BCUT2D eigenvalue weighted by Gasteiger charge is 2.06. The first kappa shape index (κ1) is 13.0. The molecule has 1 aromatic rings.